The van der Waals surface area contributed by atoms with Crippen LogP contribution in [0.4, 0.5) is 0 Å². The second-order valence-corrected chi connectivity index (χ2v) is 8.63. The third-order valence-corrected chi connectivity index (χ3v) is 6.98. The Morgan fingerprint density at radius 2 is 1.87 bits per heavy atom. The number of aliphatic hydroxyl groups is 1. The summed E-state index contributed by atoms with van der Waals surface area (Å²) in [5.74, 6) is -0.255. The molecule has 6 nitrogen and oxygen atoms in total. The fourth-order valence-corrected chi connectivity index (χ4v) is 5.26. The maximum Gasteiger partial charge on any atom is 0.255 e. The molecule has 3 aromatic rings. The Morgan fingerprint density at radius 3 is 2.58 bits per heavy atom. The van der Waals surface area contributed by atoms with Crippen molar-refractivity contribution in [2.45, 2.75) is 31.7 Å². The van der Waals surface area contributed by atoms with Gasteiger partial charge in [-0.2, -0.15) is 0 Å². The summed E-state index contributed by atoms with van der Waals surface area (Å²) < 4.78 is 0. The molecule has 0 bridgehead atoms. The van der Waals surface area contributed by atoms with Crippen molar-refractivity contribution in [1.82, 2.24) is 14.8 Å². The number of β-amino-alcohol motifs (C(OH)–C–C–N with tert-alkyl or cyclic N) is 1. The SMILES string of the molecule is CCc1ccc(C2CN3C(=O)CN(CCO)C(=O)C3(C)c3[nH]c4ccccc4c32)cc1. The van der Waals surface area contributed by atoms with Crippen LogP contribution < -0.4 is 0 Å². The molecule has 1 saturated heterocycles. The van der Waals surface area contributed by atoms with E-state index in [9.17, 15) is 14.7 Å². The van der Waals surface area contributed by atoms with Crippen LogP contribution in [0.15, 0.2) is 48.5 Å². The molecule has 0 saturated carbocycles. The first-order valence-corrected chi connectivity index (χ1v) is 10.9. The number of rotatable bonds is 4. The third-order valence-electron chi connectivity index (χ3n) is 6.98. The van der Waals surface area contributed by atoms with E-state index in [1.807, 2.05) is 25.1 Å². The average Bonchev–Trinajstić information content (AvgIpc) is 3.18. The van der Waals surface area contributed by atoms with Crippen LogP contribution >= 0.6 is 0 Å². The topological polar surface area (TPSA) is 76.6 Å². The van der Waals surface area contributed by atoms with Gasteiger partial charge in [0, 0.05) is 29.9 Å². The summed E-state index contributed by atoms with van der Waals surface area (Å²) in [6, 6.07) is 16.7. The number of hydrogen-bond donors (Lipinski definition) is 2. The first-order valence-electron chi connectivity index (χ1n) is 10.9. The summed E-state index contributed by atoms with van der Waals surface area (Å²) in [5.41, 5.74) is 4.13. The predicted octanol–water partition coefficient (Wildman–Crippen LogP) is 2.75. The van der Waals surface area contributed by atoms with Crippen LogP contribution in [0, 0.1) is 0 Å². The number of piperazine rings is 1. The molecule has 160 valence electrons. The Labute approximate surface area is 181 Å². The quantitative estimate of drug-likeness (QED) is 0.685. The smallest absolute Gasteiger partial charge is 0.255 e. The van der Waals surface area contributed by atoms with Crippen LogP contribution in [-0.4, -0.2) is 57.9 Å². The van der Waals surface area contributed by atoms with E-state index in [-0.39, 0.29) is 37.4 Å². The number of nitrogens with one attached hydrogen (secondary N) is 1. The first kappa shape index (κ1) is 19.8. The molecule has 5 rings (SSSR count). The highest BCUT2D eigenvalue weighted by Gasteiger charge is 2.56. The fraction of sp³-hybridized carbons (Fsp3) is 0.360. The maximum absolute atomic E-state index is 13.6. The maximum atomic E-state index is 13.6. The lowest BCUT2D eigenvalue weighted by Gasteiger charge is -2.51. The van der Waals surface area contributed by atoms with Gasteiger partial charge in [0.05, 0.1) is 18.8 Å². The number of aromatic amines is 1. The zero-order valence-electron chi connectivity index (χ0n) is 17.9. The summed E-state index contributed by atoms with van der Waals surface area (Å²) >= 11 is 0. The average molecular weight is 418 g/mol. The summed E-state index contributed by atoms with van der Waals surface area (Å²) in [5, 5.41) is 10.5. The molecule has 1 fully saturated rings. The minimum atomic E-state index is -1.11. The van der Waals surface area contributed by atoms with E-state index in [1.165, 1.54) is 10.5 Å². The van der Waals surface area contributed by atoms with Gasteiger partial charge < -0.3 is 19.9 Å². The molecule has 2 N–H and O–H groups in total. The van der Waals surface area contributed by atoms with Crippen molar-refractivity contribution >= 4 is 22.7 Å². The van der Waals surface area contributed by atoms with Crippen molar-refractivity contribution < 1.29 is 14.7 Å². The van der Waals surface area contributed by atoms with Crippen LogP contribution in [0.25, 0.3) is 10.9 Å². The van der Waals surface area contributed by atoms with E-state index in [0.717, 1.165) is 34.1 Å². The number of para-hydroxylation sites is 1. The van der Waals surface area contributed by atoms with Crippen LogP contribution in [0.3, 0.4) is 0 Å². The van der Waals surface area contributed by atoms with E-state index >= 15 is 0 Å². The van der Waals surface area contributed by atoms with Crippen molar-refractivity contribution in [2.24, 2.45) is 0 Å². The van der Waals surface area contributed by atoms with Gasteiger partial charge in [0.1, 0.15) is 0 Å². The van der Waals surface area contributed by atoms with E-state index in [2.05, 4.69) is 42.2 Å². The molecular weight excluding hydrogens is 390 g/mol. The van der Waals surface area contributed by atoms with Crippen molar-refractivity contribution in [2.75, 3.05) is 26.2 Å². The number of aliphatic hydroxyl groups excluding tert-OH is 1. The highest BCUT2D eigenvalue weighted by molar-refractivity contribution is 6.01. The molecule has 2 aliphatic rings. The van der Waals surface area contributed by atoms with Gasteiger partial charge in [-0.25, -0.2) is 0 Å². The van der Waals surface area contributed by atoms with Crippen molar-refractivity contribution in [3.8, 4) is 0 Å². The second-order valence-electron chi connectivity index (χ2n) is 8.63. The fourth-order valence-electron chi connectivity index (χ4n) is 5.26. The van der Waals surface area contributed by atoms with Crippen LogP contribution in [-0.2, 0) is 21.5 Å². The van der Waals surface area contributed by atoms with E-state index in [1.54, 1.807) is 4.90 Å². The van der Waals surface area contributed by atoms with Gasteiger partial charge in [-0.05, 0) is 36.1 Å². The standard InChI is InChI=1S/C25H27N3O3/c1-3-16-8-10-17(11-9-16)19-14-28-21(30)15-27(12-13-29)24(31)25(28,2)23-22(19)18-6-4-5-7-20(18)26-23/h4-11,19,26,29H,3,12-15H2,1-2H3. The Bertz CT molecular complexity index is 1170. The number of carbonyl (C=O) groups is 2. The van der Waals surface area contributed by atoms with Gasteiger partial charge in [-0.1, -0.05) is 49.4 Å². The van der Waals surface area contributed by atoms with Crippen molar-refractivity contribution in [1.29, 1.82) is 0 Å². The number of fused-ring (bicyclic) bond motifs is 5. The second kappa shape index (κ2) is 7.24. The Morgan fingerprint density at radius 1 is 1.13 bits per heavy atom. The molecule has 2 unspecified atom stereocenters. The number of aromatic nitrogens is 1. The summed E-state index contributed by atoms with van der Waals surface area (Å²) in [7, 11) is 0. The van der Waals surface area contributed by atoms with Crippen LogP contribution in [0.1, 0.15) is 42.1 Å². The third kappa shape index (κ3) is 2.82. The van der Waals surface area contributed by atoms with E-state index < -0.39 is 5.54 Å². The van der Waals surface area contributed by atoms with Crippen LogP contribution in [0.2, 0.25) is 0 Å². The predicted molar refractivity (Wildman–Crippen MR) is 119 cm³/mol. The molecule has 0 aliphatic carbocycles. The van der Waals surface area contributed by atoms with Crippen molar-refractivity contribution in [3.63, 3.8) is 0 Å². The molecule has 31 heavy (non-hydrogen) atoms. The number of benzene rings is 2. The van der Waals surface area contributed by atoms with Gasteiger partial charge in [0.15, 0.2) is 5.54 Å². The van der Waals surface area contributed by atoms with Gasteiger partial charge in [0.25, 0.3) is 5.91 Å². The highest BCUT2D eigenvalue weighted by atomic mass is 16.3. The van der Waals surface area contributed by atoms with Crippen molar-refractivity contribution in [3.05, 3.63) is 70.9 Å². The number of H-pyrrole nitrogens is 1. The molecule has 2 aliphatic heterocycles. The normalized spacial score (nSPS) is 23.3. The number of carbonyl (C=O) groups excluding carboxylic acids is 2. The summed E-state index contributed by atoms with van der Waals surface area (Å²) in [4.78, 5) is 33.5. The molecule has 0 spiro atoms. The zero-order chi connectivity index (χ0) is 21.8. The lowest BCUT2D eigenvalue weighted by atomic mass is 9.76. The van der Waals surface area contributed by atoms with E-state index in [0.29, 0.717) is 6.54 Å². The zero-order valence-corrected chi connectivity index (χ0v) is 17.9. The molecule has 0 radical (unpaired) electrons. The summed E-state index contributed by atoms with van der Waals surface area (Å²) in [6.07, 6.45) is 0.973. The summed E-state index contributed by atoms with van der Waals surface area (Å²) in [6.45, 7) is 4.42. The van der Waals surface area contributed by atoms with Gasteiger partial charge in [0.2, 0.25) is 5.91 Å². The number of hydrogen-bond acceptors (Lipinski definition) is 3. The Balaban J connectivity index is 1.73. The largest absolute Gasteiger partial charge is 0.395 e. The molecule has 1 aromatic heterocycles. The molecule has 2 amide bonds. The lowest BCUT2D eigenvalue weighted by Crippen LogP contribution is -2.67. The Kier molecular flexibility index (Phi) is 4.63. The Hall–Kier alpha value is -3.12. The molecule has 3 heterocycles. The van der Waals surface area contributed by atoms with Gasteiger partial charge >= 0.3 is 0 Å². The molecule has 2 aromatic carbocycles. The number of nitrogens with zero attached hydrogens (tertiary/aromatic N) is 2. The highest BCUT2D eigenvalue weighted by Crippen LogP contribution is 2.48. The van der Waals surface area contributed by atoms with Gasteiger partial charge in [-0.15, -0.1) is 0 Å². The lowest BCUT2D eigenvalue weighted by molar-refractivity contribution is -0.166. The number of aryl methyl sites for hydroxylation is 1. The first-order chi connectivity index (χ1) is 15.0. The molecule has 6 heteroatoms. The monoisotopic (exact) mass is 417 g/mol. The minimum Gasteiger partial charge on any atom is -0.395 e. The molecule has 2 atom stereocenters. The number of amides is 2. The van der Waals surface area contributed by atoms with Gasteiger partial charge in [-0.3, -0.25) is 9.59 Å². The van der Waals surface area contributed by atoms with Crippen LogP contribution in [0.5, 0.6) is 0 Å². The minimum absolute atomic E-state index is 0.00599. The molecular formula is C25H27N3O3. The van der Waals surface area contributed by atoms with E-state index in [4.69, 9.17) is 0 Å².